The number of benzene rings is 8. The first-order valence-corrected chi connectivity index (χ1v) is 16.5. The SMILES string of the molecule is NC(c1ccc2c(c1)C(=O)c1ccccc1C2=O)(c1ccc2c(c1)C(=O)c1ccccc1C2=O)c1ccc2ccc3cccc4ccc1c2c34. The van der Waals surface area contributed by atoms with Gasteiger partial charge in [-0.05, 0) is 73.3 Å². The lowest BCUT2D eigenvalue weighted by atomic mass is 9.72. The summed E-state index contributed by atoms with van der Waals surface area (Å²) in [6.07, 6.45) is 0. The molecule has 0 amide bonds. The second kappa shape index (κ2) is 9.98. The summed E-state index contributed by atoms with van der Waals surface area (Å²) in [5, 5.41) is 6.37. The van der Waals surface area contributed by atoms with Gasteiger partial charge in [0.15, 0.2) is 23.1 Å². The molecule has 234 valence electrons. The number of ketones is 4. The van der Waals surface area contributed by atoms with Crippen LogP contribution in [0.2, 0.25) is 0 Å². The first kappa shape index (κ1) is 28.5. The highest BCUT2D eigenvalue weighted by Gasteiger charge is 2.39. The van der Waals surface area contributed by atoms with Crippen molar-refractivity contribution in [2.45, 2.75) is 5.54 Å². The number of carbonyl (C=O) groups is 4. The number of rotatable bonds is 3. The third-order valence-electron chi connectivity index (χ3n) is 10.7. The Morgan fingerprint density at radius 1 is 0.360 bits per heavy atom. The van der Waals surface area contributed by atoms with Gasteiger partial charge in [0, 0.05) is 44.5 Å². The van der Waals surface area contributed by atoms with Crippen LogP contribution >= 0.6 is 0 Å². The van der Waals surface area contributed by atoms with Crippen LogP contribution in [0.5, 0.6) is 0 Å². The predicted octanol–water partition coefficient (Wildman–Crippen LogP) is 8.39. The molecule has 0 saturated heterocycles. The maximum Gasteiger partial charge on any atom is 0.194 e. The fourth-order valence-corrected chi connectivity index (χ4v) is 8.25. The van der Waals surface area contributed by atoms with E-state index in [1.54, 1.807) is 84.9 Å². The summed E-state index contributed by atoms with van der Waals surface area (Å²) in [5.74, 6) is -0.942. The smallest absolute Gasteiger partial charge is 0.194 e. The van der Waals surface area contributed by atoms with Crippen LogP contribution in [0.1, 0.15) is 80.4 Å². The van der Waals surface area contributed by atoms with E-state index in [0.29, 0.717) is 44.5 Å². The lowest BCUT2D eigenvalue weighted by molar-refractivity contribution is 0.0979. The Morgan fingerprint density at radius 3 is 1.26 bits per heavy atom. The van der Waals surface area contributed by atoms with E-state index in [2.05, 4.69) is 42.5 Å². The Kier molecular flexibility index (Phi) is 5.68. The van der Waals surface area contributed by atoms with Crippen molar-refractivity contribution < 1.29 is 19.2 Å². The van der Waals surface area contributed by atoms with E-state index in [9.17, 15) is 19.2 Å². The maximum atomic E-state index is 14.0. The molecule has 8 aromatic rings. The number of hydrogen-bond donors (Lipinski definition) is 1. The van der Waals surface area contributed by atoms with Crippen molar-refractivity contribution in [1.29, 1.82) is 0 Å². The van der Waals surface area contributed by atoms with Crippen LogP contribution in [-0.4, -0.2) is 23.1 Å². The Balaban J connectivity index is 1.27. The zero-order chi connectivity index (χ0) is 33.9. The summed E-state index contributed by atoms with van der Waals surface area (Å²) >= 11 is 0. The molecule has 0 heterocycles. The van der Waals surface area contributed by atoms with Gasteiger partial charge >= 0.3 is 0 Å². The summed E-state index contributed by atoms with van der Waals surface area (Å²) in [7, 11) is 0. The van der Waals surface area contributed by atoms with Gasteiger partial charge in [-0.25, -0.2) is 0 Å². The van der Waals surface area contributed by atoms with Crippen molar-refractivity contribution in [1.82, 2.24) is 0 Å². The molecule has 0 fully saturated rings. The van der Waals surface area contributed by atoms with Crippen molar-refractivity contribution in [3.8, 4) is 0 Å². The van der Waals surface area contributed by atoms with Crippen LogP contribution in [0, 0.1) is 0 Å². The molecule has 5 nitrogen and oxygen atoms in total. The van der Waals surface area contributed by atoms with E-state index < -0.39 is 5.54 Å². The molecule has 5 heteroatoms. The van der Waals surface area contributed by atoms with Crippen molar-refractivity contribution in [2.75, 3.05) is 0 Å². The third kappa shape index (κ3) is 3.64. The molecule has 0 bridgehead atoms. The first-order valence-electron chi connectivity index (χ1n) is 16.5. The Hall–Kier alpha value is -6.56. The van der Waals surface area contributed by atoms with Gasteiger partial charge in [-0.1, -0.05) is 115 Å². The van der Waals surface area contributed by atoms with Gasteiger partial charge in [-0.15, -0.1) is 0 Å². The molecule has 0 atom stereocenters. The summed E-state index contributed by atoms with van der Waals surface area (Å²) in [6, 6.07) is 42.8. The molecule has 0 saturated carbocycles. The minimum absolute atomic E-state index is 0.219. The fraction of sp³-hybridized carbons (Fsp3) is 0.0222. The molecule has 8 aromatic carbocycles. The lowest BCUT2D eigenvalue weighted by Gasteiger charge is -2.35. The van der Waals surface area contributed by atoms with Crippen LogP contribution in [0.3, 0.4) is 0 Å². The summed E-state index contributed by atoms with van der Waals surface area (Å²) in [4.78, 5) is 55.1. The monoisotopic (exact) mass is 643 g/mol. The van der Waals surface area contributed by atoms with Gasteiger partial charge in [-0.2, -0.15) is 0 Å². The van der Waals surface area contributed by atoms with Gasteiger partial charge in [0.05, 0.1) is 5.54 Å². The van der Waals surface area contributed by atoms with Crippen molar-refractivity contribution in [2.24, 2.45) is 5.73 Å². The molecular formula is C45H25NO4. The quantitative estimate of drug-likeness (QED) is 0.154. The van der Waals surface area contributed by atoms with Crippen LogP contribution in [-0.2, 0) is 5.54 Å². The third-order valence-corrected chi connectivity index (χ3v) is 10.7. The average Bonchev–Trinajstić information content (AvgIpc) is 3.17. The molecule has 0 radical (unpaired) electrons. The molecule has 50 heavy (non-hydrogen) atoms. The molecule has 10 rings (SSSR count). The van der Waals surface area contributed by atoms with E-state index in [4.69, 9.17) is 5.73 Å². The van der Waals surface area contributed by atoms with Crippen LogP contribution < -0.4 is 5.73 Å². The van der Waals surface area contributed by atoms with Gasteiger partial charge in [-0.3, -0.25) is 19.2 Å². The molecule has 2 aliphatic rings. The van der Waals surface area contributed by atoms with Gasteiger partial charge < -0.3 is 5.73 Å². The minimum atomic E-state index is -1.42. The highest BCUT2D eigenvalue weighted by molar-refractivity contribution is 6.29. The lowest BCUT2D eigenvalue weighted by Crippen LogP contribution is -2.40. The first-order chi connectivity index (χ1) is 24.3. The van der Waals surface area contributed by atoms with E-state index in [1.165, 1.54) is 0 Å². The van der Waals surface area contributed by atoms with Crippen molar-refractivity contribution in [3.63, 3.8) is 0 Å². The Bertz CT molecular complexity index is 2730. The van der Waals surface area contributed by atoms with Crippen molar-refractivity contribution >= 4 is 55.5 Å². The summed E-state index contributed by atoms with van der Waals surface area (Å²) in [5.41, 5.74) is 10.9. The molecule has 0 unspecified atom stereocenters. The molecule has 0 aliphatic heterocycles. The molecule has 2 N–H and O–H groups in total. The molecule has 2 aliphatic carbocycles. The Morgan fingerprint density at radius 2 is 0.760 bits per heavy atom. The zero-order valence-corrected chi connectivity index (χ0v) is 26.5. The average molecular weight is 644 g/mol. The van der Waals surface area contributed by atoms with E-state index in [0.717, 1.165) is 37.9 Å². The zero-order valence-electron chi connectivity index (χ0n) is 26.5. The van der Waals surface area contributed by atoms with E-state index in [-0.39, 0.29) is 34.3 Å². The fourth-order valence-electron chi connectivity index (χ4n) is 8.25. The van der Waals surface area contributed by atoms with E-state index >= 15 is 0 Å². The van der Waals surface area contributed by atoms with Crippen LogP contribution in [0.25, 0.3) is 32.3 Å². The Labute approximate surface area is 285 Å². The van der Waals surface area contributed by atoms with Gasteiger partial charge in [0.1, 0.15) is 0 Å². The highest BCUT2D eigenvalue weighted by atomic mass is 16.1. The number of nitrogens with two attached hydrogens (primary N) is 1. The standard InChI is InChI=1S/C45H25NO4/c46-45(27-16-19-33-36(22-27)43(49)31-10-3-1-8-29(31)41(33)47,28-17-20-34-37(23-28)44(50)32-11-4-2-9-30(32)42(34)48)38-21-15-26-13-12-24-6-5-7-25-14-18-35(38)40(26)39(24)25/h1-23H,46H2. The van der Waals surface area contributed by atoms with Gasteiger partial charge in [0.25, 0.3) is 0 Å². The largest absolute Gasteiger partial charge is 0.314 e. The molecule has 0 spiro atoms. The molecular weight excluding hydrogens is 618 g/mol. The topological polar surface area (TPSA) is 94.3 Å². The predicted molar refractivity (Wildman–Crippen MR) is 194 cm³/mol. The number of carbonyl (C=O) groups excluding carboxylic acids is 4. The second-order valence-electron chi connectivity index (χ2n) is 13.2. The maximum absolute atomic E-state index is 14.0. The van der Waals surface area contributed by atoms with Crippen molar-refractivity contribution in [3.05, 3.63) is 201 Å². The number of fused-ring (bicyclic) bond motifs is 4. The number of hydrogen-bond acceptors (Lipinski definition) is 5. The van der Waals surface area contributed by atoms with Gasteiger partial charge in [0.2, 0.25) is 0 Å². The van der Waals surface area contributed by atoms with Crippen LogP contribution in [0.4, 0.5) is 0 Å². The highest BCUT2D eigenvalue weighted by Crippen LogP contribution is 2.45. The summed E-state index contributed by atoms with van der Waals surface area (Å²) < 4.78 is 0. The second-order valence-corrected chi connectivity index (χ2v) is 13.2. The normalized spacial score (nSPS) is 13.9. The van der Waals surface area contributed by atoms with Crippen LogP contribution in [0.15, 0.2) is 140 Å². The minimum Gasteiger partial charge on any atom is -0.314 e. The molecule has 0 aromatic heterocycles. The summed E-state index contributed by atoms with van der Waals surface area (Å²) in [6.45, 7) is 0. The van der Waals surface area contributed by atoms with E-state index in [1.807, 2.05) is 12.1 Å².